The molecule has 1 fully saturated rings. The third-order valence-corrected chi connectivity index (χ3v) is 3.81. The molecule has 0 bridgehead atoms. The van der Waals surface area contributed by atoms with Crippen molar-refractivity contribution in [2.75, 3.05) is 25.0 Å². The molecule has 0 saturated carbocycles. The number of hydrogen-bond acceptors (Lipinski definition) is 4. The minimum Gasteiger partial charge on any atom is -0.370 e. The number of hydrogen-bond donors (Lipinski definition) is 3. The molecule has 5 nitrogen and oxygen atoms in total. The Morgan fingerprint density at radius 1 is 1.50 bits per heavy atom. The Bertz CT molecular complexity index is 421. The molecule has 0 radical (unpaired) electrons. The summed E-state index contributed by atoms with van der Waals surface area (Å²) in [7, 11) is 0. The molecule has 1 saturated heterocycles. The number of aromatic nitrogens is 2. The van der Waals surface area contributed by atoms with Gasteiger partial charge in [-0.3, -0.25) is 0 Å². The molecule has 98 valence electrons. The molecule has 0 amide bonds. The smallest absolute Gasteiger partial charge is 0.124 e. The minimum absolute atomic E-state index is 0.228. The standard InChI is InChI=1S/C13H21N5/c14-11-3-1-2-10(6-11)7-16-13-4-5-17-18(13)12-8-15-9-12/h1,3-5,10-12,15-16H,2,6-9,14H2. The highest BCUT2D eigenvalue weighted by molar-refractivity contribution is 5.35. The van der Waals surface area contributed by atoms with E-state index in [2.05, 4.69) is 38.6 Å². The third-order valence-electron chi connectivity index (χ3n) is 3.81. The molecular weight excluding hydrogens is 226 g/mol. The van der Waals surface area contributed by atoms with Gasteiger partial charge in [0, 0.05) is 31.7 Å². The zero-order valence-corrected chi connectivity index (χ0v) is 10.5. The number of anilines is 1. The number of nitrogens with zero attached hydrogens (tertiary/aromatic N) is 2. The lowest BCUT2D eigenvalue weighted by Crippen LogP contribution is -2.44. The molecule has 2 aliphatic rings. The molecule has 5 heteroatoms. The predicted molar refractivity (Wildman–Crippen MR) is 72.5 cm³/mol. The largest absolute Gasteiger partial charge is 0.370 e. The first-order chi connectivity index (χ1) is 8.83. The Labute approximate surface area is 107 Å². The second kappa shape index (κ2) is 5.12. The van der Waals surface area contributed by atoms with Crippen LogP contribution in [0.5, 0.6) is 0 Å². The lowest BCUT2D eigenvalue weighted by molar-refractivity contribution is 0.321. The summed E-state index contributed by atoms with van der Waals surface area (Å²) in [5, 5.41) is 11.2. The summed E-state index contributed by atoms with van der Waals surface area (Å²) in [6.07, 6.45) is 8.38. The lowest BCUT2D eigenvalue weighted by atomic mass is 9.91. The topological polar surface area (TPSA) is 67.9 Å². The second-order valence-corrected chi connectivity index (χ2v) is 5.28. The van der Waals surface area contributed by atoms with E-state index in [1.165, 1.54) is 0 Å². The van der Waals surface area contributed by atoms with Crippen LogP contribution in [0.1, 0.15) is 18.9 Å². The van der Waals surface area contributed by atoms with Crippen molar-refractivity contribution in [2.24, 2.45) is 11.7 Å². The highest BCUT2D eigenvalue weighted by atomic mass is 15.4. The van der Waals surface area contributed by atoms with Crippen LogP contribution in [0.2, 0.25) is 0 Å². The van der Waals surface area contributed by atoms with E-state index in [0.29, 0.717) is 12.0 Å². The molecule has 2 atom stereocenters. The molecule has 18 heavy (non-hydrogen) atoms. The van der Waals surface area contributed by atoms with Gasteiger partial charge >= 0.3 is 0 Å². The minimum atomic E-state index is 0.228. The van der Waals surface area contributed by atoms with E-state index in [-0.39, 0.29) is 6.04 Å². The van der Waals surface area contributed by atoms with Gasteiger partial charge in [0.25, 0.3) is 0 Å². The Morgan fingerprint density at radius 3 is 3.11 bits per heavy atom. The summed E-state index contributed by atoms with van der Waals surface area (Å²) in [6, 6.07) is 2.79. The van der Waals surface area contributed by atoms with Gasteiger partial charge in [-0.05, 0) is 18.8 Å². The number of nitrogens with two attached hydrogens (primary N) is 1. The van der Waals surface area contributed by atoms with Gasteiger partial charge in [0.1, 0.15) is 5.82 Å². The third kappa shape index (κ3) is 2.42. The van der Waals surface area contributed by atoms with Crippen molar-refractivity contribution in [3.05, 3.63) is 24.4 Å². The molecule has 1 aromatic rings. The molecule has 4 N–H and O–H groups in total. The van der Waals surface area contributed by atoms with Crippen LogP contribution in [-0.2, 0) is 0 Å². The van der Waals surface area contributed by atoms with E-state index in [1.54, 1.807) is 0 Å². The molecule has 2 heterocycles. The van der Waals surface area contributed by atoms with Gasteiger partial charge in [-0.25, -0.2) is 4.68 Å². The highest BCUT2D eigenvalue weighted by Gasteiger charge is 2.22. The van der Waals surface area contributed by atoms with Crippen molar-refractivity contribution in [3.63, 3.8) is 0 Å². The molecule has 1 aliphatic carbocycles. The van der Waals surface area contributed by atoms with Crippen LogP contribution in [0.4, 0.5) is 5.82 Å². The van der Waals surface area contributed by atoms with E-state index >= 15 is 0 Å². The maximum atomic E-state index is 5.94. The number of allylic oxidation sites excluding steroid dienone is 1. The molecule has 1 aliphatic heterocycles. The van der Waals surface area contributed by atoms with E-state index in [4.69, 9.17) is 5.73 Å². The zero-order chi connectivity index (χ0) is 12.4. The van der Waals surface area contributed by atoms with Crippen LogP contribution in [-0.4, -0.2) is 35.5 Å². The molecule has 1 aromatic heterocycles. The first-order valence-electron chi connectivity index (χ1n) is 6.73. The van der Waals surface area contributed by atoms with Crippen molar-refractivity contribution >= 4 is 5.82 Å². The molecule has 3 rings (SSSR count). The van der Waals surface area contributed by atoms with E-state index in [9.17, 15) is 0 Å². The number of nitrogens with one attached hydrogen (secondary N) is 2. The first kappa shape index (κ1) is 11.7. The van der Waals surface area contributed by atoms with Crippen molar-refractivity contribution < 1.29 is 0 Å². The van der Waals surface area contributed by atoms with Gasteiger partial charge in [0.05, 0.1) is 12.2 Å². The molecule has 0 spiro atoms. The van der Waals surface area contributed by atoms with Crippen molar-refractivity contribution in [2.45, 2.75) is 24.9 Å². The van der Waals surface area contributed by atoms with Gasteiger partial charge in [-0.2, -0.15) is 5.10 Å². The van der Waals surface area contributed by atoms with E-state index in [1.807, 2.05) is 6.20 Å². The SMILES string of the molecule is NC1C=CCC(CNc2ccnn2C2CNC2)C1. The normalized spacial score (nSPS) is 28.1. The van der Waals surface area contributed by atoms with Crippen LogP contribution in [0.15, 0.2) is 24.4 Å². The van der Waals surface area contributed by atoms with Crippen molar-refractivity contribution in [3.8, 4) is 0 Å². The Balaban J connectivity index is 1.56. The fourth-order valence-corrected chi connectivity index (χ4v) is 2.61. The zero-order valence-electron chi connectivity index (χ0n) is 10.5. The van der Waals surface area contributed by atoms with Crippen LogP contribution < -0.4 is 16.4 Å². The molecule has 0 aromatic carbocycles. The van der Waals surface area contributed by atoms with Gasteiger partial charge in [0.2, 0.25) is 0 Å². The van der Waals surface area contributed by atoms with E-state index < -0.39 is 0 Å². The number of rotatable bonds is 4. The Kier molecular flexibility index (Phi) is 3.34. The molecule has 2 unspecified atom stereocenters. The van der Waals surface area contributed by atoms with Crippen LogP contribution in [0.3, 0.4) is 0 Å². The van der Waals surface area contributed by atoms with Gasteiger partial charge < -0.3 is 16.4 Å². The Hall–Kier alpha value is -1.33. The maximum absolute atomic E-state index is 5.94. The molecular formula is C13H21N5. The summed E-state index contributed by atoms with van der Waals surface area (Å²) in [6.45, 7) is 3.02. The Morgan fingerprint density at radius 2 is 2.39 bits per heavy atom. The summed E-state index contributed by atoms with van der Waals surface area (Å²) in [5.74, 6) is 1.76. The monoisotopic (exact) mass is 247 g/mol. The van der Waals surface area contributed by atoms with Crippen LogP contribution in [0, 0.1) is 5.92 Å². The van der Waals surface area contributed by atoms with Crippen molar-refractivity contribution in [1.82, 2.24) is 15.1 Å². The predicted octanol–water partition coefficient (Wildman–Crippen LogP) is 0.733. The van der Waals surface area contributed by atoms with Crippen LogP contribution in [0.25, 0.3) is 0 Å². The van der Waals surface area contributed by atoms with Gasteiger partial charge in [-0.1, -0.05) is 12.2 Å². The summed E-state index contributed by atoms with van der Waals surface area (Å²) in [5.41, 5.74) is 5.94. The average Bonchev–Trinajstić information content (AvgIpc) is 2.72. The van der Waals surface area contributed by atoms with Crippen LogP contribution >= 0.6 is 0 Å². The average molecular weight is 247 g/mol. The first-order valence-corrected chi connectivity index (χ1v) is 6.73. The fraction of sp³-hybridized carbons (Fsp3) is 0.615. The maximum Gasteiger partial charge on any atom is 0.124 e. The second-order valence-electron chi connectivity index (χ2n) is 5.28. The van der Waals surface area contributed by atoms with E-state index in [0.717, 1.165) is 38.3 Å². The van der Waals surface area contributed by atoms with Gasteiger partial charge in [-0.15, -0.1) is 0 Å². The highest BCUT2D eigenvalue weighted by Crippen LogP contribution is 2.21. The fourth-order valence-electron chi connectivity index (χ4n) is 2.61. The van der Waals surface area contributed by atoms with Gasteiger partial charge in [0.15, 0.2) is 0 Å². The summed E-state index contributed by atoms with van der Waals surface area (Å²) in [4.78, 5) is 0. The lowest BCUT2D eigenvalue weighted by Gasteiger charge is -2.29. The summed E-state index contributed by atoms with van der Waals surface area (Å²) < 4.78 is 2.09. The summed E-state index contributed by atoms with van der Waals surface area (Å²) >= 11 is 0. The van der Waals surface area contributed by atoms with Crippen molar-refractivity contribution in [1.29, 1.82) is 0 Å². The quantitative estimate of drug-likeness (QED) is 0.686.